The molecule has 1 atom stereocenters. The second-order valence-electron chi connectivity index (χ2n) is 7.20. The van der Waals surface area contributed by atoms with Gasteiger partial charge in [0.05, 0.1) is 16.7 Å². The molecule has 0 saturated carbocycles. The Balaban J connectivity index is 1.68. The summed E-state index contributed by atoms with van der Waals surface area (Å²) in [4.78, 5) is 21.2. The molecule has 3 rings (SSSR count). The minimum absolute atomic E-state index is 0.0316. The molecule has 1 aliphatic rings. The number of piperazine rings is 1. The highest BCUT2D eigenvalue weighted by molar-refractivity contribution is 9.10. The van der Waals surface area contributed by atoms with Gasteiger partial charge in [0.15, 0.2) is 5.65 Å². The van der Waals surface area contributed by atoms with Crippen LogP contribution in [0.1, 0.15) is 20.8 Å². The second kappa shape index (κ2) is 6.33. The van der Waals surface area contributed by atoms with E-state index in [1.165, 1.54) is 0 Å². The van der Waals surface area contributed by atoms with Crippen molar-refractivity contribution in [3.63, 3.8) is 0 Å². The van der Waals surface area contributed by atoms with Gasteiger partial charge >= 0.3 is 0 Å². The predicted molar refractivity (Wildman–Crippen MR) is 96.9 cm³/mol. The number of rotatable bonds is 2. The van der Waals surface area contributed by atoms with E-state index in [0.29, 0.717) is 13.1 Å². The molecule has 0 bridgehead atoms. The summed E-state index contributed by atoms with van der Waals surface area (Å²) in [6.45, 7) is 8.80. The van der Waals surface area contributed by atoms with Gasteiger partial charge in [-0.05, 0) is 27.4 Å². The van der Waals surface area contributed by atoms with E-state index in [0.717, 1.165) is 29.0 Å². The molecule has 1 fully saturated rings. The van der Waals surface area contributed by atoms with Crippen molar-refractivity contribution >= 4 is 33.3 Å². The monoisotopic (exact) mass is 394 g/mol. The fraction of sp³-hybridized carbons (Fsp3) is 0.562. The molecule has 1 aliphatic heterocycles. The van der Waals surface area contributed by atoms with Gasteiger partial charge in [0, 0.05) is 32.4 Å². The Kier molecular flexibility index (Phi) is 4.52. The lowest BCUT2D eigenvalue weighted by Gasteiger charge is -2.38. The topological polar surface area (TPSA) is 79.8 Å². The SMILES string of the molecule is CC(C)(C)[C@H](N)C(=O)N1CCN(c2ccn3ncc(Br)c3n2)CC1. The first-order valence-corrected chi connectivity index (χ1v) is 8.86. The van der Waals surface area contributed by atoms with Gasteiger partial charge in [0.25, 0.3) is 0 Å². The number of aromatic nitrogens is 3. The zero-order valence-electron chi connectivity index (χ0n) is 14.2. The largest absolute Gasteiger partial charge is 0.353 e. The number of hydrogen-bond donors (Lipinski definition) is 1. The molecule has 1 saturated heterocycles. The molecule has 3 heterocycles. The fourth-order valence-corrected chi connectivity index (χ4v) is 3.09. The minimum Gasteiger partial charge on any atom is -0.353 e. The lowest BCUT2D eigenvalue weighted by Crippen LogP contribution is -2.56. The van der Waals surface area contributed by atoms with Crippen LogP contribution in [-0.4, -0.2) is 57.6 Å². The maximum absolute atomic E-state index is 12.5. The minimum atomic E-state index is -0.471. The van der Waals surface area contributed by atoms with Crippen LogP contribution in [0.25, 0.3) is 5.65 Å². The molecule has 0 aromatic carbocycles. The number of nitrogens with zero attached hydrogens (tertiary/aromatic N) is 5. The Labute approximate surface area is 149 Å². The third kappa shape index (κ3) is 3.25. The first kappa shape index (κ1) is 17.2. The Bertz CT molecular complexity index is 745. The third-order valence-corrected chi connectivity index (χ3v) is 4.99. The molecule has 2 aromatic heterocycles. The van der Waals surface area contributed by atoms with Gasteiger partial charge in [0.1, 0.15) is 5.82 Å². The van der Waals surface area contributed by atoms with E-state index in [1.54, 1.807) is 10.7 Å². The average Bonchev–Trinajstić information content (AvgIpc) is 2.93. The number of hydrogen-bond acceptors (Lipinski definition) is 5. The van der Waals surface area contributed by atoms with Gasteiger partial charge in [0.2, 0.25) is 5.91 Å². The van der Waals surface area contributed by atoms with Crippen LogP contribution in [0.15, 0.2) is 22.9 Å². The molecule has 24 heavy (non-hydrogen) atoms. The Morgan fingerprint density at radius 1 is 1.29 bits per heavy atom. The van der Waals surface area contributed by atoms with Crippen LogP contribution >= 0.6 is 15.9 Å². The predicted octanol–water partition coefficient (Wildman–Crippen LogP) is 1.51. The number of halogens is 1. The van der Waals surface area contributed by atoms with Crippen LogP contribution in [0, 0.1) is 5.41 Å². The van der Waals surface area contributed by atoms with Crippen molar-refractivity contribution in [2.24, 2.45) is 11.1 Å². The summed E-state index contributed by atoms with van der Waals surface area (Å²) < 4.78 is 2.60. The number of amides is 1. The summed E-state index contributed by atoms with van der Waals surface area (Å²) in [7, 11) is 0. The van der Waals surface area contributed by atoms with Gasteiger partial charge in [-0.15, -0.1) is 0 Å². The first-order chi connectivity index (χ1) is 11.3. The van der Waals surface area contributed by atoms with E-state index in [4.69, 9.17) is 5.73 Å². The third-order valence-electron chi connectivity index (χ3n) is 4.43. The summed E-state index contributed by atoms with van der Waals surface area (Å²) in [5.74, 6) is 0.931. The molecule has 0 aliphatic carbocycles. The normalized spacial score (nSPS) is 17.4. The van der Waals surface area contributed by atoms with E-state index < -0.39 is 6.04 Å². The van der Waals surface area contributed by atoms with Crippen LogP contribution in [0.3, 0.4) is 0 Å². The molecule has 0 unspecified atom stereocenters. The number of anilines is 1. The van der Waals surface area contributed by atoms with Gasteiger partial charge < -0.3 is 15.5 Å². The molecule has 7 nitrogen and oxygen atoms in total. The van der Waals surface area contributed by atoms with Crippen molar-refractivity contribution in [1.82, 2.24) is 19.5 Å². The molecule has 0 radical (unpaired) electrons. The molecular weight excluding hydrogens is 372 g/mol. The highest BCUT2D eigenvalue weighted by Gasteiger charge is 2.32. The smallest absolute Gasteiger partial charge is 0.240 e. The summed E-state index contributed by atoms with van der Waals surface area (Å²) in [5.41, 5.74) is 6.67. The molecule has 2 aromatic rings. The zero-order valence-corrected chi connectivity index (χ0v) is 15.8. The van der Waals surface area contributed by atoms with Gasteiger partial charge in [-0.1, -0.05) is 20.8 Å². The quantitative estimate of drug-likeness (QED) is 0.834. The Hall–Kier alpha value is -1.67. The number of nitrogens with two attached hydrogens (primary N) is 1. The van der Waals surface area contributed by atoms with Crippen molar-refractivity contribution in [3.8, 4) is 0 Å². The van der Waals surface area contributed by atoms with Crippen LogP contribution in [-0.2, 0) is 4.79 Å². The van der Waals surface area contributed by atoms with Gasteiger partial charge in [-0.25, -0.2) is 9.50 Å². The molecule has 130 valence electrons. The first-order valence-electron chi connectivity index (χ1n) is 8.06. The summed E-state index contributed by atoms with van der Waals surface area (Å²) in [6, 6.07) is 1.48. The highest BCUT2D eigenvalue weighted by atomic mass is 79.9. The molecule has 8 heteroatoms. The van der Waals surface area contributed by atoms with Crippen molar-refractivity contribution in [2.75, 3.05) is 31.1 Å². The maximum Gasteiger partial charge on any atom is 0.240 e. The van der Waals surface area contributed by atoms with E-state index in [1.807, 2.05) is 37.9 Å². The Morgan fingerprint density at radius 2 is 1.96 bits per heavy atom. The van der Waals surface area contributed by atoms with Crippen LogP contribution in [0.5, 0.6) is 0 Å². The summed E-state index contributed by atoms with van der Waals surface area (Å²) in [6.07, 6.45) is 3.63. The van der Waals surface area contributed by atoms with Crippen molar-refractivity contribution in [2.45, 2.75) is 26.8 Å². The summed E-state index contributed by atoms with van der Waals surface area (Å²) >= 11 is 3.46. The van der Waals surface area contributed by atoms with Crippen LogP contribution in [0.4, 0.5) is 5.82 Å². The highest BCUT2D eigenvalue weighted by Crippen LogP contribution is 2.22. The second-order valence-corrected chi connectivity index (χ2v) is 8.06. The van der Waals surface area contributed by atoms with Crippen molar-refractivity contribution in [1.29, 1.82) is 0 Å². The molecule has 0 spiro atoms. The number of fused-ring (bicyclic) bond motifs is 1. The fourth-order valence-electron chi connectivity index (χ4n) is 2.73. The van der Waals surface area contributed by atoms with Crippen molar-refractivity contribution < 1.29 is 4.79 Å². The van der Waals surface area contributed by atoms with Gasteiger partial charge in [-0.2, -0.15) is 5.10 Å². The lowest BCUT2D eigenvalue weighted by molar-refractivity contribution is -0.135. The summed E-state index contributed by atoms with van der Waals surface area (Å²) in [5, 5.41) is 4.20. The van der Waals surface area contributed by atoms with Gasteiger partial charge in [-0.3, -0.25) is 4.79 Å². The van der Waals surface area contributed by atoms with Crippen LogP contribution in [0.2, 0.25) is 0 Å². The Morgan fingerprint density at radius 3 is 2.58 bits per heavy atom. The van der Waals surface area contributed by atoms with E-state index in [9.17, 15) is 4.79 Å². The lowest BCUT2D eigenvalue weighted by atomic mass is 9.86. The van der Waals surface area contributed by atoms with E-state index >= 15 is 0 Å². The maximum atomic E-state index is 12.5. The van der Waals surface area contributed by atoms with E-state index in [-0.39, 0.29) is 11.3 Å². The molecule has 1 amide bonds. The number of carbonyl (C=O) groups is 1. The van der Waals surface area contributed by atoms with E-state index in [2.05, 4.69) is 30.9 Å². The molecule has 2 N–H and O–H groups in total. The standard InChI is InChI=1S/C16H23BrN6O/c1-16(2,3)13(18)15(24)22-8-6-21(7-9-22)12-4-5-23-14(20-12)11(17)10-19-23/h4-5,10,13H,6-9,18H2,1-3H3/t13-/m1/s1. The molecular formula is C16H23BrN6O. The van der Waals surface area contributed by atoms with Crippen LogP contribution < -0.4 is 10.6 Å². The van der Waals surface area contributed by atoms with Crippen molar-refractivity contribution in [3.05, 3.63) is 22.9 Å². The zero-order chi connectivity index (χ0) is 17.5. The number of carbonyl (C=O) groups excluding carboxylic acids is 1. The average molecular weight is 395 g/mol.